The van der Waals surface area contributed by atoms with Gasteiger partial charge in [-0.2, -0.15) is 0 Å². The van der Waals surface area contributed by atoms with Crippen LogP contribution in [-0.4, -0.2) is 43.4 Å². The van der Waals surface area contributed by atoms with E-state index in [-0.39, 0.29) is 11.5 Å². The maximum Gasteiger partial charge on any atom is 0.307 e. The van der Waals surface area contributed by atoms with Gasteiger partial charge in [-0.05, 0) is 84.2 Å². The zero-order chi connectivity index (χ0) is 28.7. The highest BCUT2D eigenvalue weighted by molar-refractivity contribution is 5.94. The number of aliphatic carboxylic acids is 1. The topological polar surface area (TPSA) is 88.3 Å². The van der Waals surface area contributed by atoms with E-state index in [9.17, 15) is 14.7 Å². The lowest BCUT2D eigenvalue weighted by Gasteiger charge is -2.31. The Hall–Kier alpha value is -4.07. The molecular formula is C33H35FN4O3. The molecule has 6 heterocycles. The van der Waals surface area contributed by atoms with Crippen LogP contribution in [-0.2, 0) is 30.7 Å². The first-order chi connectivity index (χ1) is 19.8. The number of hydrogen-bond donors (Lipinski definition) is 1. The predicted molar refractivity (Wildman–Crippen MR) is 154 cm³/mol. The Morgan fingerprint density at radius 1 is 1.00 bits per heavy atom. The second-order valence-corrected chi connectivity index (χ2v) is 11.5. The molecule has 0 saturated carbocycles. The quantitative estimate of drug-likeness (QED) is 0.326. The van der Waals surface area contributed by atoms with E-state index in [4.69, 9.17) is 0 Å². The number of carboxylic acid groups (broad SMARTS) is 1. The lowest BCUT2D eigenvalue weighted by Crippen LogP contribution is -2.36. The number of amides is 1. The van der Waals surface area contributed by atoms with Gasteiger partial charge in [-0.15, -0.1) is 5.10 Å². The van der Waals surface area contributed by atoms with Crippen molar-refractivity contribution in [3.63, 3.8) is 0 Å². The summed E-state index contributed by atoms with van der Waals surface area (Å²) in [6.07, 6.45) is 5.36. The molecule has 0 aliphatic carbocycles. The van der Waals surface area contributed by atoms with Crippen LogP contribution in [0.5, 0.6) is 0 Å². The SMILES string of the molecule is Cc1c2ccc3c1nnn3CCCCCCc1ccc(c(F)c1)C(=O)N1CCc3ccc(cc3C1)[C@@H]2[C@@H](C)C(=O)O. The van der Waals surface area contributed by atoms with E-state index < -0.39 is 23.6 Å². The standard InChI is InChI=1S/C33H35FN4O3/c1-20-26-12-13-29-31(20)35-36-38(29)15-6-4-3-5-7-22-8-11-27(28(34)17-22)32(39)37-16-14-23-9-10-24(18-25(23)19-37)30(26)21(2)33(40)41/h8-13,17-18,21,30H,3-7,14-16,19H2,1-2H3,(H,40,41)/t21-,30+/m1/s1. The van der Waals surface area contributed by atoms with Crippen molar-refractivity contribution in [3.8, 4) is 0 Å². The number of carboxylic acids is 1. The molecule has 7 nitrogen and oxygen atoms in total. The average Bonchev–Trinajstić information content (AvgIpc) is 3.38. The third-order valence-electron chi connectivity index (χ3n) is 8.95. The third kappa shape index (κ3) is 5.11. The van der Waals surface area contributed by atoms with Crippen LogP contribution in [0.25, 0.3) is 11.0 Å². The van der Waals surface area contributed by atoms with E-state index in [1.807, 2.05) is 48.0 Å². The Morgan fingerprint density at radius 3 is 2.63 bits per heavy atom. The maximum atomic E-state index is 15.1. The first-order valence-corrected chi connectivity index (χ1v) is 14.6. The van der Waals surface area contributed by atoms with Crippen molar-refractivity contribution in [2.24, 2.45) is 5.92 Å². The highest BCUT2D eigenvalue weighted by atomic mass is 19.1. The minimum absolute atomic E-state index is 0.0992. The van der Waals surface area contributed by atoms with E-state index >= 15 is 4.39 Å². The Labute approximate surface area is 239 Å². The molecule has 1 aromatic heterocycles. The summed E-state index contributed by atoms with van der Waals surface area (Å²) in [4.78, 5) is 27.5. The lowest BCUT2D eigenvalue weighted by atomic mass is 9.78. The zero-order valence-corrected chi connectivity index (χ0v) is 23.6. The summed E-state index contributed by atoms with van der Waals surface area (Å²) >= 11 is 0. The maximum absolute atomic E-state index is 15.1. The fourth-order valence-corrected chi connectivity index (χ4v) is 6.51. The number of hydrogen-bond acceptors (Lipinski definition) is 4. The van der Waals surface area contributed by atoms with E-state index in [1.165, 1.54) is 6.07 Å². The number of nitrogens with zero attached hydrogens (tertiary/aromatic N) is 4. The van der Waals surface area contributed by atoms with Gasteiger partial charge in [0.15, 0.2) is 0 Å². The lowest BCUT2D eigenvalue weighted by molar-refractivity contribution is -0.141. The molecule has 0 spiro atoms. The molecule has 0 saturated heterocycles. The van der Waals surface area contributed by atoms with E-state index in [0.29, 0.717) is 19.5 Å². The highest BCUT2D eigenvalue weighted by Gasteiger charge is 2.31. The minimum Gasteiger partial charge on any atom is -0.481 e. The molecule has 41 heavy (non-hydrogen) atoms. The van der Waals surface area contributed by atoms with Gasteiger partial charge in [-0.3, -0.25) is 9.59 Å². The number of halogens is 1. The Bertz CT molecular complexity index is 1650. The van der Waals surface area contributed by atoms with Crippen LogP contribution < -0.4 is 0 Å². The smallest absolute Gasteiger partial charge is 0.307 e. The van der Waals surface area contributed by atoms with E-state index in [1.54, 1.807) is 17.9 Å². The van der Waals surface area contributed by atoms with Gasteiger partial charge in [-0.25, -0.2) is 9.07 Å². The van der Waals surface area contributed by atoms with Gasteiger partial charge in [0.25, 0.3) is 5.91 Å². The van der Waals surface area contributed by atoms with Crippen LogP contribution in [0.4, 0.5) is 4.39 Å². The van der Waals surface area contributed by atoms with Crippen molar-refractivity contribution in [2.45, 2.75) is 71.4 Å². The van der Waals surface area contributed by atoms with Crippen LogP contribution in [0.15, 0.2) is 48.5 Å². The van der Waals surface area contributed by atoms with Gasteiger partial charge < -0.3 is 10.0 Å². The summed E-state index contributed by atoms with van der Waals surface area (Å²) in [6.45, 7) is 5.34. The molecule has 5 aliphatic rings. The zero-order valence-electron chi connectivity index (χ0n) is 23.6. The first-order valence-electron chi connectivity index (χ1n) is 14.6. The first kappa shape index (κ1) is 27.1. The highest BCUT2D eigenvalue weighted by Crippen LogP contribution is 2.38. The summed E-state index contributed by atoms with van der Waals surface area (Å²) in [6, 6.07) is 15.1. The van der Waals surface area contributed by atoms with Gasteiger partial charge in [0.2, 0.25) is 0 Å². The molecular weight excluding hydrogens is 519 g/mol. The summed E-state index contributed by atoms with van der Waals surface area (Å²) < 4.78 is 17.1. The van der Waals surface area contributed by atoms with Crippen LogP contribution in [0.2, 0.25) is 0 Å². The third-order valence-corrected chi connectivity index (χ3v) is 8.95. The second-order valence-electron chi connectivity index (χ2n) is 11.5. The van der Waals surface area contributed by atoms with Gasteiger partial charge in [0, 0.05) is 25.6 Å². The second kappa shape index (κ2) is 11.1. The fraction of sp³-hybridized carbons (Fsp3) is 0.394. The molecule has 8 heteroatoms. The number of carbonyl (C=O) groups excluding carboxylic acids is 1. The van der Waals surface area contributed by atoms with Crippen LogP contribution in [0.3, 0.4) is 0 Å². The van der Waals surface area contributed by atoms with Gasteiger partial charge in [-0.1, -0.05) is 55.3 Å². The van der Waals surface area contributed by atoms with Crippen LogP contribution in [0, 0.1) is 18.7 Å². The summed E-state index contributed by atoms with van der Waals surface area (Å²) in [7, 11) is 0. The van der Waals surface area contributed by atoms with Crippen molar-refractivity contribution < 1.29 is 19.1 Å². The molecule has 0 radical (unpaired) electrons. The number of aryl methyl sites for hydroxylation is 3. The molecule has 0 unspecified atom stereocenters. The number of rotatable bonds is 2. The summed E-state index contributed by atoms with van der Waals surface area (Å²) in [5, 5.41) is 19.1. The van der Waals surface area contributed by atoms with Crippen molar-refractivity contribution in [1.29, 1.82) is 0 Å². The molecule has 4 aromatic rings. The predicted octanol–water partition coefficient (Wildman–Crippen LogP) is 6.05. The van der Waals surface area contributed by atoms with E-state index in [0.717, 1.165) is 83.1 Å². The number of carbonyl (C=O) groups is 2. The van der Waals surface area contributed by atoms with Crippen molar-refractivity contribution in [2.75, 3.05) is 6.54 Å². The van der Waals surface area contributed by atoms with E-state index in [2.05, 4.69) is 10.3 Å². The number of benzene rings is 3. The van der Waals surface area contributed by atoms with Crippen LogP contribution >= 0.6 is 0 Å². The molecule has 0 fully saturated rings. The summed E-state index contributed by atoms with van der Waals surface area (Å²) in [5.41, 5.74) is 7.56. The molecule has 1 amide bonds. The molecule has 1 N–H and O–H groups in total. The van der Waals surface area contributed by atoms with Crippen molar-refractivity contribution >= 4 is 22.9 Å². The Kier molecular flexibility index (Phi) is 7.32. The Balaban J connectivity index is 1.45. The van der Waals surface area contributed by atoms with Gasteiger partial charge in [0.1, 0.15) is 11.3 Å². The summed E-state index contributed by atoms with van der Waals surface area (Å²) in [5.74, 6) is -2.78. The molecule has 3 aromatic carbocycles. The van der Waals surface area contributed by atoms with Crippen molar-refractivity contribution in [3.05, 3.63) is 93.3 Å². The molecule has 212 valence electrons. The van der Waals surface area contributed by atoms with Crippen LogP contribution in [0.1, 0.15) is 82.3 Å². The monoisotopic (exact) mass is 554 g/mol. The minimum atomic E-state index is -0.881. The Morgan fingerprint density at radius 2 is 1.83 bits per heavy atom. The fourth-order valence-electron chi connectivity index (χ4n) is 6.51. The molecule has 9 rings (SSSR count). The molecule has 9 bridgehead atoms. The van der Waals surface area contributed by atoms with Crippen molar-refractivity contribution in [1.82, 2.24) is 19.9 Å². The largest absolute Gasteiger partial charge is 0.481 e. The van der Waals surface area contributed by atoms with Gasteiger partial charge in [0.05, 0.1) is 17.0 Å². The number of aromatic nitrogens is 3. The van der Waals surface area contributed by atoms with Gasteiger partial charge >= 0.3 is 5.97 Å². The molecule has 2 atom stereocenters. The molecule has 5 aliphatic heterocycles. The normalized spacial score (nSPS) is 18.6. The average molecular weight is 555 g/mol.